The van der Waals surface area contributed by atoms with Gasteiger partial charge in [-0.05, 0) is 37.3 Å². The largest absolute Gasteiger partial charge is 0.468 e. The lowest BCUT2D eigenvalue weighted by Gasteiger charge is -2.08. The Morgan fingerprint density at radius 3 is 2.39 bits per heavy atom. The standard InChI is InChI=1S/C18H13Cl2NO2/c1-11-17(18(22)21-13-8-6-12(19)7-9-13)15(10-23-11)14-4-2-3-5-16(14)20/h2-10H,1H3,(H,21,22). The van der Waals surface area contributed by atoms with E-state index in [-0.39, 0.29) is 5.91 Å². The second-order valence-corrected chi connectivity index (χ2v) is 5.87. The molecular formula is C18H13Cl2NO2. The summed E-state index contributed by atoms with van der Waals surface area (Å²) in [4.78, 5) is 12.6. The third kappa shape index (κ3) is 3.26. The van der Waals surface area contributed by atoms with Crippen LogP contribution in [0.15, 0.2) is 59.2 Å². The lowest BCUT2D eigenvalue weighted by Crippen LogP contribution is -2.13. The minimum atomic E-state index is -0.256. The van der Waals surface area contributed by atoms with E-state index >= 15 is 0 Å². The number of amides is 1. The highest BCUT2D eigenvalue weighted by atomic mass is 35.5. The molecule has 0 bridgehead atoms. The summed E-state index contributed by atoms with van der Waals surface area (Å²) in [6.07, 6.45) is 1.55. The number of carbonyl (C=O) groups is 1. The summed E-state index contributed by atoms with van der Waals surface area (Å²) in [7, 11) is 0. The molecule has 116 valence electrons. The quantitative estimate of drug-likeness (QED) is 0.650. The second kappa shape index (κ2) is 6.49. The average Bonchev–Trinajstić information content (AvgIpc) is 2.91. The monoisotopic (exact) mass is 345 g/mol. The fourth-order valence-corrected chi connectivity index (χ4v) is 2.71. The van der Waals surface area contributed by atoms with Gasteiger partial charge in [-0.3, -0.25) is 4.79 Å². The molecule has 3 nitrogen and oxygen atoms in total. The maximum absolute atomic E-state index is 12.6. The number of carbonyl (C=O) groups excluding carboxylic acids is 1. The molecule has 1 N–H and O–H groups in total. The molecule has 3 rings (SSSR count). The van der Waals surface area contributed by atoms with Crippen molar-refractivity contribution in [3.05, 3.63) is 76.2 Å². The fraction of sp³-hybridized carbons (Fsp3) is 0.0556. The van der Waals surface area contributed by atoms with E-state index in [0.717, 1.165) is 5.56 Å². The summed E-state index contributed by atoms with van der Waals surface area (Å²) in [6.45, 7) is 1.75. The first-order chi connectivity index (χ1) is 11.1. The Kier molecular flexibility index (Phi) is 4.42. The van der Waals surface area contributed by atoms with Crippen molar-refractivity contribution in [2.75, 3.05) is 5.32 Å². The first kappa shape index (κ1) is 15.7. The van der Waals surface area contributed by atoms with Gasteiger partial charge in [-0.1, -0.05) is 41.4 Å². The molecule has 23 heavy (non-hydrogen) atoms. The smallest absolute Gasteiger partial charge is 0.259 e. The molecule has 0 saturated heterocycles. The summed E-state index contributed by atoms with van der Waals surface area (Å²) < 4.78 is 5.44. The fourth-order valence-electron chi connectivity index (χ4n) is 2.34. The first-order valence-corrected chi connectivity index (χ1v) is 7.72. The highest BCUT2D eigenvalue weighted by Gasteiger charge is 2.21. The number of hydrogen-bond donors (Lipinski definition) is 1. The number of hydrogen-bond acceptors (Lipinski definition) is 2. The van der Waals surface area contributed by atoms with Gasteiger partial charge in [-0.25, -0.2) is 0 Å². The van der Waals surface area contributed by atoms with Gasteiger partial charge in [-0.2, -0.15) is 0 Å². The van der Waals surface area contributed by atoms with Crippen LogP contribution in [0.2, 0.25) is 10.0 Å². The van der Waals surface area contributed by atoms with Gasteiger partial charge in [0.15, 0.2) is 0 Å². The van der Waals surface area contributed by atoms with E-state index in [4.69, 9.17) is 27.6 Å². The van der Waals surface area contributed by atoms with E-state index in [0.29, 0.717) is 32.6 Å². The Balaban J connectivity index is 1.97. The van der Waals surface area contributed by atoms with Gasteiger partial charge in [0.2, 0.25) is 0 Å². The highest BCUT2D eigenvalue weighted by molar-refractivity contribution is 6.33. The molecule has 1 heterocycles. The van der Waals surface area contributed by atoms with E-state index in [9.17, 15) is 4.79 Å². The van der Waals surface area contributed by atoms with Gasteiger partial charge >= 0.3 is 0 Å². The molecule has 0 spiro atoms. The van der Waals surface area contributed by atoms with E-state index in [1.807, 2.05) is 18.2 Å². The summed E-state index contributed by atoms with van der Waals surface area (Å²) >= 11 is 12.1. The maximum atomic E-state index is 12.6. The molecule has 0 aliphatic rings. The zero-order chi connectivity index (χ0) is 16.4. The summed E-state index contributed by atoms with van der Waals surface area (Å²) in [5.41, 5.74) is 2.55. The van der Waals surface area contributed by atoms with Gasteiger partial charge in [0, 0.05) is 26.9 Å². The predicted octanol–water partition coefficient (Wildman–Crippen LogP) is 5.81. The van der Waals surface area contributed by atoms with Crippen LogP contribution in [0.1, 0.15) is 16.1 Å². The predicted molar refractivity (Wildman–Crippen MR) is 93.3 cm³/mol. The van der Waals surface area contributed by atoms with Crippen LogP contribution in [0.5, 0.6) is 0 Å². The SMILES string of the molecule is Cc1occ(-c2ccccc2Cl)c1C(=O)Nc1ccc(Cl)cc1. The normalized spacial score (nSPS) is 10.6. The molecule has 0 unspecified atom stereocenters. The third-order valence-electron chi connectivity index (χ3n) is 3.47. The van der Waals surface area contributed by atoms with Crippen molar-refractivity contribution >= 4 is 34.8 Å². The van der Waals surface area contributed by atoms with Crippen LogP contribution in [-0.4, -0.2) is 5.91 Å². The number of halogens is 2. The number of rotatable bonds is 3. The lowest BCUT2D eigenvalue weighted by molar-refractivity contribution is 0.102. The molecule has 2 aromatic carbocycles. The van der Waals surface area contributed by atoms with Gasteiger partial charge in [0.1, 0.15) is 5.76 Å². The minimum absolute atomic E-state index is 0.256. The maximum Gasteiger partial charge on any atom is 0.259 e. The Hall–Kier alpha value is -2.23. The second-order valence-electron chi connectivity index (χ2n) is 5.02. The van der Waals surface area contributed by atoms with Gasteiger partial charge in [-0.15, -0.1) is 0 Å². The number of furan rings is 1. The van der Waals surface area contributed by atoms with E-state index in [1.54, 1.807) is 43.5 Å². The van der Waals surface area contributed by atoms with Gasteiger partial charge < -0.3 is 9.73 Å². The zero-order valence-electron chi connectivity index (χ0n) is 12.3. The molecule has 1 amide bonds. The highest BCUT2D eigenvalue weighted by Crippen LogP contribution is 2.33. The van der Waals surface area contributed by atoms with Crippen molar-refractivity contribution in [3.8, 4) is 11.1 Å². The minimum Gasteiger partial charge on any atom is -0.468 e. The van der Waals surface area contributed by atoms with Crippen LogP contribution < -0.4 is 5.32 Å². The molecule has 0 aliphatic heterocycles. The van der Waals surface area contributed by atoms with Crippen LogP contribution in [0.4, 0.5) is 5.69 Å². The number of benzene rings is 2. The van der Waals surface area contributed by atoms with Crippen molar-refractivity contribution in [1.29, 1.82) is 0 Å². The third-order valence-corrected chi connectivity index (χ3v) is 4.05. The number of nitrogens with one attached hydrogen (secondary N) is 1. The molecule has 0 saturated carbocycles. The molecule has 3 aromatic rings. The average molecular weight is 346 g/mol. The Morgan fingerprint density at radius 2 is 1.70 bits per heavy atom. The van der Waals surface area contributed by atoms with Gasteiger partial charge in [0.25, 0.3) is 5.91 Å². The number of anilines is 1. The molecule has 5 heteroatoms. The van der Waals surface area contributed by atoms with Crippen molar-refractivity contribution in [3.63, 3.8) is 0 Å². The van der Waals surface area contributed by atoms with Crippen LogP contribution >= 0.6 is 23.2 Å². The van der Waals surface area contributed by atoms with Crippen molar-refractivity contribution in [1.82, 2.24) is 0 Å². The van der Waals surface area contributed by atoms with Crippen molar-refractivity contribution in [2.24, 2.45) is 0 Å². The van der Waals surface area contributed by atoms with Gasteiger partial charge in [0.05, 0.1) is 11.8 Å². The molecule has 0 atom stereocenters. The van der Waals surface area contributed by atoms with Crippen LogP contribution in [0.3, 0.4) is 0 Å². The van der Waals surface area contributed by atoms with Crippen LogP contribution in [0, 0.1) is 6.92 Å². The van der Waals surface area contributed by atoms with E-state index < -0.39 is 0 Å². The topological polar surface area (TPSA) is 42.2 Å². The van der Waals surface area contributed by atoms with Crippen molar-refractivity contribution in [2.45, 2.75) is 6.92 Å². The molecule has 0 aliphatic carbocycles. The molecule has 0 radical (unpaired) electrons. The van der Waals surface area contributed by atoms with Crippen molar-refractivity contribution < 1.29 is 9.21 Å². The first-order valence-electron chi connectivity index (χ1n) is 6.96. The molecule has 0 fully saturated rings. The summed E-state index contributed by atoms with van der Waals surface area (Å²) in [5, 5.41) is 4.02. The molecular weight excluding hydrogens is 333 g/mol. The Morgan fingerprint density at radius 1 is 1.00 bits per heavy atom. The summed E-state index contributed by atoms with van der Waals surface area (Å²) in [5.74, 6) is 0.278. The molecule has 1 aromatic heterocycles. The number of aryl methyl sites for hydroxylation is 1. The lowest BCUT2D eigenvalue weighted by atomic mass is 10.0. The Bertz CT molecular complexity index is 854. The zero-order valence-corrected chi connectivity index (χ0v) is 13.8. The van der Waals surface area contributed by atoms with Crippen LogP contribution in [-0.2, 0) is 0 Å². The summed E-state index contributed by atoms with van der Waals surface area (Å²) in [6, 6.07) is 14.3. The van der Waals surface area contributed by atoms with E-state index in [1.165, 1.54) is 0 Å². The van der Waals surface area contributed by atoms with Crippen LogP contribution in [0.25, 0.3) is 11.1 Å². The Labute approximate surface area is 143 Å². The van der Waals surface area contributed by atoms with E-state index in [2.05, 4.69) is 5.32 Å².